The van der Waals surface area contributed by atoms with E-state index in [0.717, 1.165) is 0 Å². The van der Waals surface area contributed by atoms with Crippen molar-refractivity contribution >= 4 is 17.8 Å². The Labute approximate surface area is 84.9 Å². The summed E-state index contributed by atoms with van der Waals surface area (Å²) in [4.78, 5) is 34.1. The van der Waals surface area contributed by atoms with E-state index in [1.54, 1.807) is 12.1 Å². The molecule has 0 bridgehead atoms. The van der Waals surface area contributed by atoms with E-state index in [4.69, 9.17) is 0 Å². The Kier molecular flexibility index (Phi) is 2.00. The van der Waals surface area contributed by atoms with Gasteiger partial charge < -0.3 is 0 Å². The fourth-order valence-electron chi connectivity index (χ4n) is 1.51. The average Bonchev–Trinajstić information content (AvgIpc) is 2.44. The van der Waals surface area contributed by atoms with Crippen molar-refractivity contribution in [1.29, 1.82) is 0 Å². The highest BCUT2D eigenvalue weighted by Crippen LogP contribution is 2.21. The van der Waals surface area contributed by atoms with Gasteiger partial charge in [0.2, 0.25) is 0 Å². The quantitative estimate of drug-likeness (QED) is 0.647. The van der Waals surface area contributed by atoms with Gasteiger partial charge in [-0.2, -0.15) is 0 Å². The molecule has 1 aliphatic heterocycles. The Bertz CT molecular complexity index is 431. The van der Waals surface area contributed by atoms with Crippen molar-refractivity contribution in [3.8, 4) is 0 Å². The summed E-state index contributed by atoms with van der Waals surface area (Å²) in [5.74, 6) is -2.62. The molecule has 5 heteroatoms. The highest BCUT2D eigenvalue weighted by Gasteiger charge is 2.36. The minimum atomic E-state index is -1.45. The second-order valence-corrected chi connectivity index (χ2v) is 3.11. The van der Waals surface area contributed by atoms with Crippen LogP contribution in [0.1, 0.15) is 20.7 Å². The van der Waals surface area contributed by atoms with E-state index in [0.29, 0.717) is 4.90 Å². The van der Waals surface area contributed by atoms with Gasteiger partial charge in [-0.3, -0.25) is 14.5 Å². The topological polar surface area (TPSA) is 74.3 Å². The third-order valence-electron chi connectivity index (χ3n) is 2.17. The van der Waals surface area contributed by atoms with Gasteiger partial charge in [-0.1, -0.05) is 12.1 Å². The Morgan fingerprint density at radius 1 is 1.07 bits per heavy atom. The monoisotopic (exact) mass is 204 g/mol. The fourth-order valence-corrected chi connectivity index (χ4v) is 1.51. The number of rotatable bonds is 2. The van der Waals surface area contributed by atoms with Crippen LogP contribution in [0.25, 0.3) is 0 Å². The highest BCUT2D eigenvalue weighted by atomic mass is 16.4. The number of hydrogen-bond donors (Lipinski definition) is 0. The maximum Gasteiger partial charge on any atom is 0.375 e. The van der Waals surface area contributed by atoms with E-state index in [1.165, 1.54) is 12.1 Å². The summed E-state index contributed by atoms with van der Waals surface area (Å²) in [7, 11) is 0. The van der Waals surface area contributed by atoms with Crippen LogP contribution in [0.5, 0.6) is 0 Å². The summed E-state index contributed by atoms with van der Waals surface area (Å²) in [5, 5.41) is 10.3. The predicted octanol–water partition coefficient (Wildman–Crippen LogP) is 0.240. The molecule has 0 saturated heterocycles. The number of fused-ring (bicyclic) bond motifs is 1. The van der Waals surface area contributed by atoms with Crippen molar-refractivity contribution in [2.45, 2.75) is 0 Å². The molecule has 0 aromatic heterocycles. The molecule has 0 spiro atoms. The van der Waals surface area contributed by atoms with Gasteiger partial charge in [0.15, 0.2) is 0 Å². The number of nitrogens with zero attached hydrogens (tertiary/aromatic N) is 1. The molecule has 1 heterocycles. The van der Waals surface area contributed by atoms with Crippen molar-refractivity contribution in [1.82, 2.24) is 4.90 Å². The van der Waals surface area contributed by atoms with Crippen molar-refractivity contribution in [3.05, 3.63) is 35.4 Å². The van der Waals surface area contributed by atoms with Crippen LogP contribution in [0.15, 0.2) is 24.3 Å². The summed E-state index contributed by atoms with van der Waals surface area (Å²) < 4.78 is 0. The van der Waals surface area contributed by atoms with Crippen LogP contribution in [0.3, 0.4) is 0 Å². The summed E-state index contributed by atoms with van der Waals surface area (Å²) in [5.41, 5.74) is 0.479. The molecule has 0 unspecified atom stereocenters. The molecule has 0 atom stereocenters. The smallest absolute Gasteiger partial charge is 0.269 e. The number of amides is 2. The first-order valence-corrected chi connectivity index (χ1v) is 4.26. The molecule has 5 nitrogen and oxygen atoms in total. The minimum absolute atomic E-state index is 0.240. The highest BCUT2D eigenvalue weighted by molar-refractivity contribution is 6.22. The molecule has 1 radical (unpaired) electrons. The van der Waals surface area contributed by atoms with E-state index < -0.39 is 24.3 Å². The maximum atomic E-state index is 11.6. The molecular formula is C10H6NO4. The van der Waals surface area contributed by atoms with Crippen molar-refractivity contribution in [2.24, 2.45) is 0 Å². The van der Waals surface area contributed by atoms with Crippen LogP contribution in [-0.2, 0) is 9.90 Å². The van der Waals surface area contributed by atoms with Crippen molar-refractivity contribution in [2.75, 3.05) is 6.54 Å². The molecule has 2 amide bonds. The van der Waals surface area contributed by atoms with Gasteiger partial charge in [0, 0.05) is 0 Å². The van der Waals surface area contributed by atoms with Gasteiger partial charge in [0.1, 0.15) is 6.54 Å². The van der Waals surface area contributed by atoms with E-state index in [-0.39, 0.29) is 11.1 Å². The first-order valence-electron chi connectivity index (χ1n) is 4.26. The first-order chi connectivity index (χ1) is 7.11. The lowest BCUT2D eigenvalue weighted by molar-refractivity contribution is -0.143. The lowest BCUT2D eigenvalue weighted by atomic mass is 10.1. The van der Waals surface area contributed by atoms with E-state index in [2.05, 4.69) is 0 Å². The summed E-state index contributed by atoms with van der Waals surface area (Å²) in [6, 6.07) is 6.22. The van der Waals surface area contributed by atoms with Gasteiger partial charge in [0.05, 0.1) is 11.1 Å². The first kappa shape index (κ1) is 9.39. The third kappa shape index (κ3) is 1.38. The second kappa shape index (κ2) is 3.20. The van der Waals surface area contributed by atoms with Gasteiger partial charge >= 0.3 is 5.97 Å². The van der Waals surface area contributed by atoms with Crippen molar-refractivity contribution in [3.63, 3.8) is 0 Å². The Morgan fingerprint density at radius 3 is 1.93 bits per heavy atom. The van der Waals surface area contributed by atoms with E-state index >= 15 is 0 Å². The molecule has 0 fully saturated rings. The number of benzene rings is 1. The lowest BCUT2D eigenvalue weighted by Crippen LogP contribution is -2.34. The molecule has 1 aromatic rings. The molecule has 1 aliphatic rings. The van der Waals surface area contributed by atoms with Crippen LogP contribution in [-0.4, -0.2) is 29.2 Å². The summed E-state index contributed by atoms with van der Waals surface area (Å²) in [6.07, 6.45) is 0. The number of carbonyl (C=O) groups excluding carboxylic acids is 3. The zero-order chi connectivity index (χ0) is 11.0. The SMILES string of the molecule is [O]C(=O)CN1C(=O)c2ccccc2C1=O. The van der Waals surface area contributed by atoms with Crippen molar-refractivity contribution < 1.29 is 19.5 Å². The third-order valence-corrected chi connectivity index (χ3v) is 2.17. The largest absolute Gasteiger partial charge is 0.375 e. The molecule has 2 rings (SSSR count). The van der Waals surface area contributed by atoms with Crippen LogP contribution >= 0.6 is 0 Å². The fraction of sp³-hybridized carbons (Fsp3) is 0.100. The standard InChI is InChI=1S/C10H6NO4/c12-8(13)5-11-9(14)6-3-1-2-4-7(6)10(11)15/h1-4H,5H2. The molecule has 0 aliphatic carbocycles. The summed E-state index contributed by atoms with van der Waals surface area (Å²) >= 11 is 0. The van der Waals surface area contributed by atoms with E-state index in [9.17, 15) is 19.5 Å². The van der Waals surface area contributed by atoms with Crippen LogP contribution in [0.4, 0.5) is 0 Å². The molecule has 0 N–H and O–H groups in total. The zero-order valence-electron chi connectivity index (χ0n) is 7.60. The number of carbonyl (C=O) groups is 3. The number of hydrogen-bond acceptors (Lipinski definition) is 3. The Morgan fingerprint density at radius 2 is 1.53 bits per heavy atom. The van der Waals surface area contributed by atoms with Crippen LogP contribution in [0.2, 0.25) is 0 Å². The van der Waals surface area contributed by atoms with Gasteiger partial charge in [-0.05, 0) is 12.1 Å². The molecule has 75 valence electrons. The Balaban J connectivity index is 2.41. The van der Waals surface area contributed by atoms with E-state index in [1.807, 2.05) is 0 Å². The maximum absolute atomic E-state index is 11.6. The predicted molar refractivity (Wildman–Crippen MR) is 47.5 cm³/mol. The zero-order valence-corrected chi connectivity index (χ0v) is 7.60. The molecule has 0 saturated carbocycles. The Hall–Kier alpha value is -2.17. The lowest BCUT2D eigenvalue weighted by Gasteiger charge is -2.08. The molecular weight excluding hydrogens is 198 g/mol. The normalized spacial score (nSPS) is 14.3. The van der Waals surface area contributed by atoms with Gasteiger partial charge in [-0.15, -0.1) is 0 Å². The second-order valence-electron chi connectivity index (χ2n) is 3.11. The minimum Gasteiger partial charge on any atom is -0.269 e. The van der Waals surface area contributed by atoms with Crippen LogP contribution < -0.4 is 0 Å². The van der Waals surface area contributed by atoms with Gasteiger partial charge in [-0.25, -0.2) is 9.90 Å². The van der Waals surface area contributed by atoms with Crippen LogP contribution in [0, 0.1) is 0 Å². The molecule has 15 heavy (non-hydrogen) atoms. The average molecular weight is 204 g/mol. The molecule has 1 aromatic carbocycles. The number of imide groups is 1. The van der Waals surface area contributed by atoms with Gasteiger partial charge in [0.25, 0.3) is 11.8 Å². The summed E-state index contributed by atoms with van der Waals surface area (Å²) in [6.45, 7) is -0.702.